The summed E-state index contributed by atoms with van der Waals surface area (Å²) in [5.74, 6) is 3.71. The number of amides is 1. The molecule has 13 heavy (non-hydrogen) atoms. The van der Waals surface area contributed by atoms with Crippen LogP contribution in [-0.4, -0.2) is 10.9 Å². The summed E-state index contributed by atoms with van der Waals surface area (Å²) in [6.07, 6.45) is 1.23. The Hall–Kier alpha value is -1.89. The van der Waals surface area contributed by atoms with Crippen molar-refractivity contribution in [3.05, 3.63) is 24.3 Å². The van der Waals surface area contributed by atoms with Gasteiger partial charge in [-0.3, -0.25) is 4.79 Å². The van der Waals surface area contributed by atoms with Gasteiger partial charge < -0.3 is 5.32 Å². The first-order valence-electron chi connectivity index (χ1n) is 3.57. The summed E-state index contributed by atoms with van der Waals surface area (Å²) in [4.78, 5) is 14.3. The standard InChI is InChI=1S/C9H7FN2O/c1-2-3-9(13)12-7-4-5-8(10)11-6-7/h4-6H,1H3,(H,12,13). The Bertz CT molecular complexity index is 361. The first kappa shape index (κ1) is 9.20. The third-order valence-electron chi connectivity index (χ3n) is 1.22. The van der Waals surface area contributed by atoms with E-state index in [-0.39, 0.29) is 0 Å². The van der Waals surface area contributed by atoms with Crippen LogP contribution in [0.15, 0.2) is 18.3 Å². The SMILES string of the molecule is CC#CC(=O)Nc1ccc(F)nc1. The average Bonchev–Trinajstić information content (AvgIpc) is 2.09. The van der Waals surface area contributed by atoms with Gasteiger partial charge in [0.05, 0.1) is 11.9 Å². The van der Waals surface area contributed by atoms with Crippen molar-refractivity contribution in [2.45, 2.75) is 6.92 Å². The lowest BCUT2D eigenvalue weighted by Crippen LogP contribution is -2.08. The predicted octanol–water partition coefficient (Wildman–Crippen LogP) is 1.18. The van der Waals surface area contributed by atoms with Crippen LogP contribution in [-0.2, 0) is 4.79 Å². The summed E-state index contributed by atoms with van der Waals surface area (Å²) in [6, 6.07) is 2.58. The molecule has 0 unspecified atom stereocenters. The number of nitrogens with one attached hydrogen (secondary N) is 1. The van der Waals surface area contributed by atoms with Crippen molar-refractivity contribution in [3.8, 4) is 11.8 Å². The fourth-order valence-electron chi connectivity index (χ4n) is 0.726. The zero-order valence-electron chi connectivity index (χ0n) is 6.97. The zero-order valence-corrected chi connectivity index (χ0v) is 6.97. The normalized spacial score (nSPS) is 8.46. The highest BCUT2D eigenvalue weighted by atomic mass is 19.1. The predicted molar refractivity (Wildman–Crippen MR) is 46.3 cm³/mol. The largest absolute Gasteiger partial charge is 0.314 e. The Kier molecular flexibility index (Phi) is 2.98. The summed E-state index contributed by atoms with van der Waals surface area (Å²) in [6.45, 7) is 1.56. The first-order chi connectivity index (χ1) is 6.22. The third kappa shape index (κ3) is 2.91. The van der Waals surface area contributed by atoms with Crippen LogP contribution < -0.4 is 5.32 Å². The van der Waals surface area contributed by atoms with E-state index < -0.39 is 11.9 Å². The Morgan fingerprint density at radius 2 is 2.38 bits per heavy atom. The number of aromatic nitrogens is 1. The number of hydrogen-bond donors (Lipinski definition) is 1. The minimum Gasteiger partial charge on any atom is -0.314 e. The summed E-state index contributed by atoms with van der Waals surface area (Å²) < 4.78 is 12.3. The Morgan fingerprint density at radius 3 is 2.92 bits per heavy atom. The molecule has 3 nitrogen and oxygen atoms in total. The molecule has 0 fully saturated rings. The highest BCUT2D eigenvalue weighted by molar-refractivity contribution is 6.03. The van der Waals surface area contributed by atoms with E-state index >= 15 is 0 Å². The second kappa shape index (κ2) is 4.21. The van der Waals surface area contributed by atoms with Gasteiger partial charge >= 0.3 is 0 Å². The molecule has 0 bridgehead atoms. The van der Waals surface area contributed by atoms with Crippen LogP contribution in [0, 0.1) is 17.8 Å². The van der Waals surface area contributed by atoms with Gasteiger partial charge in [-0.25, -0.2) is 4.98 Å². The lowest BCUT2D eigenvalue weighted by atomic mass is 10.4. The molecule has 66 valence electrons. The van der Waals surface area contributed by atoms with Gasteiger partial charge in [0.1, 0.15) is 0 Å². The van der Waals surface area contributed by atoms with Gasteiger partial charge in [0.15, 0.2) is 0 Å². The lowest BCUT2D eigenvalue weighted by molar-refractivity contribution is -0.111. The number of nitrogens with zero attached hydrogens (tertiary/aromatic N) is 1. The fraction of sp³-hybridized carbons (Fsp3) is 0.111. The van der Waals surface area contributed by atoms with Crippen molar-refractivity contribution >= 4 is 11.6 Å². The van der Waals surface area contributed by atoms with Crippen LogP contribution in [0.4, 0.5) is 10.1 Å². The maximum absolute atomic E-state index is 12.3. The van der Waals surface area contributed by atoms with E-state index in [9.17, 15) is 9.18 Å². The fourth-order valence-corrected chi connectivity index (χ4v) is 0.726. The Morgan fingerprint density at radius 1 is 1.62 bits per heavy atom. The number of carbonyl (C=O) groups is 1. The molecule has 4 heteroatoms. The van der Waals surface area contributed by atoms with Crippen molar-refractivity contribution in [1.29, 1.82) is 0 Å². The number of anilines is 1. The van der Waals surface area contributed by atoms with Crippen LogP contribution in [0.25, 0.3) is 0 Å². The second-order valence-corrected chi connectivity index (χ2v) is 2.20. The van der Waals surface area contributed by atoms with Gasteiger partial charge in [-0.15, -0.1) is 0 Å². The van der Waals surface area contributed by atoms with Crippen LogP contribution in [0.2, 0.25) is 0 Å². The smallest absolute Gasteiger partial charge is 0.300 e. The Balaban J connectivity index is 2.68. The molecule has 1 rings (SSSR count). The third-order valence-corrected chi connectivity index (χ3v) is 1.22. The molecule has 1 aromatic rings. The summed E-state index contributed by atoms with van der Waals surface area (Å²) in [5, 5.41) is 2.43. The molecule has 0 spiro atoms. The van der Waals surface area contributed by atoms with E-state index in [2.05, 4.69) is 22.1 Å². The van der Waals surface area contributed by atoms with E-state index in [0.717, 1.165) is 6.07 Å². The number of halogens is 1. The Labute approximate surface area is 75.0 Å². The molecule has 0 atom stereocenters. The molecule has 0 aromatic carbocycles. The maximum atomic E-state index is 12.3. The van der Waals surface area contributed by atoms with Gasteiger partial charge in [-0.2, -0.15) is 4.39 Å². The molecule has 0 aliphatic carbocycles. The van der Waals surface area contributed by atoms with E-state index in [1.165, 1.54) is 12.3 Å². The summed E-state index contributed by atoms with van der Waals surface area (Å²) >= 11 is 0. The van der Waals surface area contributed by atoms with E-state index in [1.807, 2.05) is 0 Å². The number of rotatable bonds is 1. The van der Waals surface area contributed by atoms with Crippen molar-refractivity contribution in [2.75, 3.05) is 5.32 Å². The minimum atomic E-state index is -0.584. The lowest BCUT2D eigenvalue weighted by Gasteiger charge is -1.98. The minimum absolute atomic E-state index is 0.425. The molecule has 1 heterocycles. The van der Waals surface area contributed by atoms with Crippen LogP contribution in [0.1, 0.15) is 6.92 Å². The highest BCUT2D eigenvalue weighted by Crippen LogP contribution is 2.04. The number of carbonyl (C=O) groups excluding carboxylic acids is 1. The number of pyridine rings is 1. The molecule has 0 saturated heterocycles. The molecule has 0 saturated carbocycles. The molecule has 0 aliphatic heterocycles. The molecule has 1 amide bonds. The first-order valence-corrected chi connectivity index (χ1v) is 3.57. The van der Waals surface area contributed by atoms with Gasteiger partial charge in [0.2, 0.25) is 5.95 Å². The number of hydrogen-bond acceptors (Lipinski definition) is 2. The van der Waals surface area contributed by atoms with Crippen LogP contribution >= 0.6 is 0 Å². The zero-order chi connectivity index (χ0) is 9.68. The van der Waals surface area contributed by atoms with Crippen LogP contribution in [0.5, 0.6) is 0 Å². The second-order valence-electron chi connectivity index (χ2n) is 2.20. The topological polar surface area (TPSA) is 42.0 Å². The molecule has 1 N–H and O–H groups in total. The van der Waals surface area contributed by atoms with Crippen molar-refractivity contribution < 1.29 is 9.18 Å². The van der Waals surface area contributed by atoms with Gasteiger partial charge in [0, 0.05) is 0 Å². The van der Waals surface area contributed by atoms with Crippen molar-refractivity contribution in [2.24, 2.45) is 0 Å². The average molecular weight is 178 g/mol. The van der Waals surface area contributed by atoms with Crippen molar-refractivity contribution in [3.63, 3.8) is 0 Å². The molecule has 1 aromatic heterocycles. The molecular weight excluding hydrogens is 171 g/mol. The van der Waals surface area contributed by atoms with E-state index in [1.54, 1.807) is 6.92 Å². The van der Waals surface area contributed by atoms with E-state index in [0.29, 0.717) is 5.69 Å². The maximum Gasteiger partial charge on any atom is 0.300 e. The monoisotopic (exact) mass is 178 g/mol. The molecule has 0 aliphatic rings. The van der Waals surface area contributed by atoms with Gasteiger partial charge in [-0.1, -0.05) is 5.92 Å². The quantitative estimate of drug-likeness (QED) is 0.518. The molecular formula is C9H7FN2O. The van der Waals surface area contributed by atoms with Crippen LogP contribution in [0.3, 0.4) is 0 Å². The van der Waals surface area contributed by atoms with Gasteiger partial charge in [0.25, 0.3) is 5.91 Å². The molecule has 0 radical (unpaired) electrons. The van der Waals surface area contributed by atoms with Crippen molar-refractivity contribution in [1.82, 2.24) is 4.98 Å². The summed E-state index contributed by atoms with van der Waals surface area (Å²) in [7, 11) is 0. The van der Waals surface area contributed by atoms with Gasteiger partial charge in [-0.05, 0) is 25.0 Å². The van der Waals surface area contributed by atoms with E-state index in [4.69, 9.17) is 0 Å². The summed E-state index contributed by atoms with van der Waals surface area (Å²) in [5.41, 5.74) is 0.425. The highest BCUT2D eigenvalue weighted by Gasteiger charge is 1.97.